The lowest BCUT2D eigenvalue weighted by Gasteiger charge is -2.21. The second-order valence-electron chi connectivity index (χ2n) is 6.84. The number of aryl methyl sites for hydroxylation is 1. The summed E-state index contributed by atoms with van der Waals surface area (Å²) in [6, 6.07) is 8.51. The number of anilines is 1. The summed E-state index contributed by atoms with van der Waals surface area (Å²) in [5.74, 6) is 1.19. The Morgan fingerprint density at radius 2 is 2.19 bits per heavy atom. The number of hydrogen-bond donors (Lipinski definition) is 2. The van der Waals surface area contributed by atoms with E-state index in [0.29, 0.717) is 12.6 Å². The number of carbonyl (C=O) groups is 1. The summed E-state index contributed by atoms with van der Waals surface area (Å²) in [5, 5.41) is 3.61. The number of ether oxygens (including phenoxy) is 1. The van der Waals surface area contributed by atoms with E-state index in [2.05, 4.69) is 32.3 Å². The van der Waals surface area contributed by atoms with Crippen LogP contribution in [0.5, 0.6) is 5.75 Å². The molecule has 144 valence electrons. The van der Waals surface area contributed by atoms with Gasteiger partial charge in [-0.2, -0.15) is 0 Å². The first-order valence-electron chi connectivity index (χ1n) is 9.33. The molecular weight excluding hydrogens is 342 g/mol. The van der Waals surface area contributed by atoms with E-state index in [0.717, 1.165) is 48.9 Å². The molecule has 2 heterocycles. The predicted molar refractivity (Wildman–Crippen MR) is 105 cm³/mol. The van der Waals surface area contributed by atoms with E-state index in [1.54, 1.807) is 0 Å². The van der Waals surface area contributed by atoms with Crippen LogP contribution in [0.25, 0.3) is 0 Å². The summed E-state index contributed by atoms with van der Waals surface area (Å²) >= 11 is 0. The van der Waals surface area contributed by atoms with Crippen LogP contribution in [0.4, 0.5) is 5.82 Å². The monoisotopic (exact) mass is 369 g/mol. The zero-order valence-electron chi connectivity index (χ0n) is 16.2. The highest BCUT2D eigenvalue weighted by atomic mass is 16.5. The Kier molecular flexibility index (Phi) is 5.91. The second-order valence-corrected chi connectivity index (χ2v) is 6.84. The number of carbonyl (C=O) groups excluding carboxylic acids is 1. The van der Waals surface area contributed by atoms with Crippen molar-refractivity contribution in [3.05, 3.63) is 46.9 Å². The molecule has 7 nitrogen and oxygen atoms in total. The molecule has 1 aliphatic heterocycles. The third-order valence-corrected chi connectivity index (χ3v) is 4.88. The number of nitrogens with zero attached hydrogens (tertiary/aromatic N) is 3. The van der Waals surface area contributed by atoms with Crippen molar-refractivity contribution in [2.24, 2.45) is 5.73 Å². The number of amides is 1. The van der Waals surface area contributed by atoms with Gasteiger partial charge in [0.25, 0.3) is 5.91 Å². The summed E-state index contributed by atoms with van der Waals surface area (Å²) in [6.07, 6.45) is 1.01. The molecule has 1 saturated heterocycles. The summed E-state index contributed by atoms with van der Waals surface area (Å²) in [6.45, 7) is 9.01. The largest absolute Gasteiger partial charge is 0.494 e. The Hall–Kier alpha value is -2.67. The number of primary amides is 1. The molecule has 0 saturated carbocycles. The molecule has 1 fully saturated rings. The van der Waals surface area contributed by atoms with Gasteiger partial charge in [-0.15, -0.1) is 0 Å². The molecule has 0 bridgehead atoms. The van der Waals surface area contributed by atoms with E-state index in [1.807, 2.05) is 32.9 Å². The maximum Gasteiger partial charge on any atom is 0.286 e. The first-order chi connectivity index (χ1) is 13.0. The molecule has 1 aromatic heterocycles. The van der Waals surface area contributed by atoms with Crippen LogP contribution < -0.4 is 20.7 Å². The summed E-state index contributed by atoms with van der Waals surface area (Å²) in [5.41, 5.74) is 8.35. The Morgan fingerprint density at radius 1 is 1.37 bits per heavy atom. The molecule has 27 heavy (non-hydrogen) atoms. The van der Waals surface area contributed by atoms with Gasteiger partial charge < -0.3 is 20.7 Å². The number of nitrogens with two attached hydrogens (primary N) is 1. The van der Waals surface area contributed by atoms with E-state index in [-0.39, 0.29) is 5.82 Å². The van der Waals surface area contributed by atoms with Gasteiger partial charge in [0.2, 0.25) is 5.82 Å². The molecular formula is C20H27N5O2. The quantitative estimate of drug-likeness (QED) is 0.775. The average Bonchev–Trinajstić information content (AvgIpc) is 3.11. The van der Waals surface area contributed by atoms with Crippen LogP contribution in [0.1, 0.15) is 40.8 Å². The van der Waals surface area contributed by atoms with E-state index < -0.39 is 5.91 Å². The summed E-state index contributed by atoms with van der Waals surface area (Å²) < 4.78 is 5.56. The molecule has 3 rings (SSSR count). The SMILES string of the molecule is CCOc1cccc(CN[C@@H]2CCN(c3nc(C(N)=O)nc(C)c3C)C2)c1. The van der Waals surface area contributed by atoms with Crippen LogP contribution in [0.2, 0.25) is 0 Å². The molecule has 1 aromatic carbocycles. The molecule has 7 heteroatoms. The topological polar surface area (TPSA) is 93.4 Å². The van der Waals surface area contributed by atoms with Crippen LogP contribution in [0, 0.1) is 13.8 Å². The van der Waals surface area contributed by atoms with Gasteiger partial charge in [-0.05, 0) is 44.9 Å². The molecule has 1 atom stereocenters. The lowest BCUT2D eigenvalue weighted by molar-refractivity contribution is 0.0990. The molecule has 0 unspecified atom stereocenters. The van der Waals surface area contributed by atoms with Gasteiger partial charge >= 0.3 is 0 Å². The summed E-state index contributed by atoms with van der Waals surface area (Å²) in [7, 11) is 0. The van der Waals surface area contributed by atoms with Crippen molar-refractivity contribution >= 4 is 11.7 Å². The van der Waals surface area contributed by atoms with Crippen LogP contribution in [-0.2, 0) is 6.54 Å². The highest BCUT2D eigenvalue weighted by molar-refractivity contribution is 5.89. The molecule has 1 amide bonds. The van der Waals surface area contributed by atoms with Gasteiger partial charge in [0.15, 0.2) is 0 Å². The van der Waals surface area contributed by atoms with Crippen LogP contribution in [0.15, 0.2) is 24.3 Å². The molecule has 3 N–H and O–H groups in total. The van der Waals surface area contributed by atoms with E-state index >= 15 is 0 Å². The highest BCUT2D eigenvalue weighted by Gasteiger charge is 2.26. The van der Waals surface area contributed by atoms with Gasteiger partial charge in [-0.25, -0.2) is 9.97 Å². The van der Waals surface area contributed by atoms with Crippen molar-refractivity contribution in [1.29, 1.82) is 0 Å². The third kappa shape index (κ3) is 4.54. The zero-order valence-corrected chi connectivity index (χ0v) is 16.2. The van der Waals surface area contributed by atoms with E-state index in [4.69, 9.17) is 10.5 Å². The van der Waals surface area contributed by atoms with Crippen molar-refractivity contribution in [3.63, 3.8) is 0 Å². The minimum atomic E-state index is -0.595. The maximum atomic E-state index is 11.5. The minimum Gasteiger partial charge on any atom is -0.494 e. The number of aromatic nitrogens is 2. The van der Waals surface area contributed by atoms with Crippen LogP contribution in [0.3, 0.4) is 0 Å². The molecule has 0 radical (unpaired) electrons. The number of hydrogen-bond acceptors (Lipinski definition) is 6. The zero-order chi connectivity index (χ0) is 19.4. The van der Waals surface area contributed by atoms with Crippen molar-refractivity contribution in [3.8, 4) is 5.75 Å². The standard InChI is InChI=1S/C20H27N5O2/c1-4-27-17-7-5-6-15(10-17)11-22-16-8-9-25(12-16)20-13(2)14(3)23-19(24-20)18(21)26/h5-7,10,16,22H,4,8-9,11-12H2,1-3H3,(H2,21,26)/t16-/m1/s1. The summed E-state index contributed by atoms with van der Waals surface area (Å²) in [4.78, 5) is 22.3. The minimum absolute atomic E-state index is 0.0808. The lowest BCUT2D eigenvalue weighted by Crippen LogP contribution is -2.33. The van der Waals surface area contributed by atoms with Gasteiger partial charge in [-0.1, -0.05) is 12.1 Å². The Labute approximate surface area is 159 Å². The second kappa shape index (κ2) is 8.35. The van der Waals surface area contributed by atoms with Gasteiger partial charge in [-0.3, -0.25) is 4.79 Å². The van der Waals surface area contributed by atoms with Gasteiger partial charge in [0.05, 0.1) is 6.61 Å². The highest BCUT2D eigenvalue weighted by Crippen LogP contribution is 2.24. The fourth-order valence-electron chi connectivity index (χ4n) is 3.33. The van der Waals surface area contributed by atoms with Crippen molar-refractivity contribution in [2.45, 2.75) is 39.8 Å². The van der Waals surface area contributed by atoms with Crippen molar-refractivity contribution in [1.82, 2.24) is 15.3 Å². The van der Waals surface area contributed by atoms with Gasteiger partial charge in [0, 0.05) is 36.9 Å². The van der Waals surface area contributed by atoms with Crippen molar-refractivity contribution < 1.29 is 9.53 Å². The molecule has 1 aliphatic rings. The fourth-order valence-corrected chi connectivity index (χ4v) is 3.33. The normalized spacial score (nSPS) is 16.6. The maximum absolute atomic E-state index is 11.5. The smallest absolute Gasteiger partial charge is 0.286 e. The van der Waals surface area contributed by atoms with E-state index in [9.17, 15) is 4.79 Å². The number of benzene rings is 1. The Bertz CT molecular complexity index is 824. The number of rotatable bonds is 7. The molecule has 0 aliphatic carbocycles. The number of nitrogens with one attached hydrogen (secondary N) is 1. The Balaban J connectivity index is 1.64. The van der Waals surface area contributed by atoms with Crippen LogP contribution in [-0.4, -0.2) is 41.6 Å². The fraction of sp³-hybridized carbons (Fsp3) is 0.450. The van der Waals surface area contributed by atoms with Gasteiger partial charge in [0.1, 0.15) is 11.6 Å². The van der Waals surface area contributed by atoms with E-state index in [1.165, 1.54) is 5.56 Å². The average molecular weight is 369 g/mol. The third-order valence-electron chi connectivity index (χ3n) is 4.88. The van der Waals surface area contributed by atoms with Crippen LogP contribution >= 0.6 is 0 Å². The predicted octanol–water partition coefficient (Wildman–Crippen LogP) is 1.96. The molecule has 0 spiro atoms. The first-order valence-corrected chi connectivity index (χ1v) is 9.33. The first kappa shape index (κ1) is 19.1. The Morgan fingerprint density at radius 3 is 2.93 bits per heavy atom. The lowest BCUT2D eigenvalue weighted by atomic mass is 10.2. The van der Waals surface area contributed by atoms with Crippen molar-refractivity contribution in [2.75, 3.05) is 24.6 Å². The molecule has 2 aromatic rings.